The minimum absolute atomic E-state index is 0.107. The molecule has 0 aliphatic carbocycles. The van der Waals surface area contributed by atoms with Crippen LogP contribution in [-0.4, -0.2) is 12.5 Å². The lowest BCUT2D eigenvalue weighted by molar-refractivity contribution is -0.117. The Labute approximate surface area is 159 Å². The van der Waals surface area contributed by atoms with Crippen molar-refractivity contribution in [2.24, 2.45) is 0 Å². The van der Waals surface area contributed by atoms with E-state index in [1.165, 1.54) is 0 Å². The van der Waals surface area contributed by atoms with Crippen molar-refractivity contribution in [2.45, 2.75) is 6.42 Å². The van der Waals surface area contributed by atoms with Gasteiger partial charge in [-0.05, 0) is 34.8 Å². The minimum atomic E-state index is -0.347. The molecule has 3 rings (SSSR count). The van der Waals surface area contributed by atoms with E-state index in [0.717, 1.165) is 28.7 Å². The van der Waals surface area contributed by atoms with Gasteiger partial charge in [-0.1, -0.05) is 84.9 Å². The van der Waals surface area contributed by atoms with Crippen LogP contribution in [-0.2, 0) is 11.2 Å². The van der Waals surface area contributed by atoms with Crippen LogP contribution in [0.1, 0.15) is 11.1 Å². The number of hydrogen-bond donors (Lipinski definition) is 1. The third-order valence-electron chi connectivity index (χ3n) is 4.24. The summed E-state index contributed by atoms with van der Waals surface area (Å²) in [6.07, 6.45) is 2.35. The Hall–Kier alpha value is -3.64. The predicted molar refractivity (Wildman–Crippen MR) is 109 cm³/mol. The maximum absolute atomic E-state index is 12.3. The topological polar surface area (TPSA) is 52.9 Å². The Bertz CT molecular complexity index is 953. The van der Waals surface area contributed by atoms with Crippen molar-refractivity contribution in [1.29, 1.82) is 5.26 Å². The van der Waals surface area contributed by atoms with E-state index in [1.807, 2.05) is 91.0 Å². The Kier molecular flexibility index (Phi) is 6.17. The number of rotatable bonds is 6. The number of carbonyl (C=O) groups excluding carboxylic acids is 1. The van der Waals surface area contributed by atoms with E-state index in [-0.39, 0.29) is 11.5 Å². The molecule has 0 unspecified atom stereocenters. The SMILES string of the molecule is N#C/C(=C\c1ccc(-c2ccccc2)cc1)C(=O)NCCc1ccccc1. The number of amides is 1. The fourth-order valence-electron chi connectivity index (χ4n) is 2.78. The normalized spacial score (nSPS) is 10.9. The molecule has 132 valence electrons. The number of carbonyl (C=O) groups is 1. The van der Waals surface area contributed by atoms with Crippen LogP contribution in [0.4, 0.5) is 0 Å². The third kappa shape index (κ3) is 5.17. The molecule has 0 radical (unpaired) electrons. The van der Waals surface area contributed by atoms with Gasteiger partial charge in [-0.25, -0.2) is 0 Å². The Morgan fingerprint density at radius 1 is 0.852 bits per heavy atom. The number of nitrogens with one attached hydrogen (secondary N) is 1. The largest absolute Gasteiger partial charge is 0.351 e. The van der Waals surface area contributed by atoms with E-state index < -0.39 is 0 Å². The number of benzene rings is 3. The molecular formula is C24H20N2O. The van der Waals surface area contributed by atoms with Crippen LogP contribution in [0.2, 0.25) is 0 Å². The highest BCUT2D eigenvalue weighted by Crippen LogP contribution is 2.20. The quantitative estimate of drug-likeness (QED) is 0.520. The zero-order valence-corrected chi connectivity index (χ0v) is 14.9. The van der Waals surface area contributed by atoms with Gasteiger partial charge in [0.2, 0.25) is 0 Å². The highest BCUT2D eigenvalue weighted by Gasteiger charge is 2.08. The maximum atomic E-state index is 12.3. The fourth-order valence-corrected chi connectivity index (χ4v) is 2.78. The summed E-state index contributed by atoms with van der Waals surface area (Å²) in [6.45, 7) is 0.495. The Balaban J connectivity index is 1.63. The summed E-state index contributed by atoms with van der Waals surface area (Å²) in [5, 5.41) is 12.1. The Morgan fingerprint density at radius 2 is 1.44 bits per heavy atom. The van der Waals surface area contributed by atoms with Crippen LogP contribution in [0.25, 0.3) is 17.2 Å². The monoisotopic (exact) mass is 352 g/mol. The summed E-state index contributed by atoms with van der Waals surface area (Å²) in [4.78, 5) is 12.3. The first-order valence-corrected chi connectivity index (χ1v) is 8.85. The van der Waals surface area contributed by atoms with Gasteiger partial charge in [-0.3, -0.25) is 4.79 Å². The van der Waals surface area contributed by atoms with Crippen LogP contribution in [0.3, 0.4) is 0 Å². The second kappa shape index (κ2) is 9.17. The molecule has 27 heavy (non-hydrogen) atoms. The summed E-state index contributed by atoms with van der Waals surface area (Å²) in [7, 11) is 0. The van der Waals surface area contributed by atoms with Crippen molar-refractivity contribution in [3.05, 3.63) is 102 Å². The molecule has 3 aromatic carbocycles. The zero-order chi connectivity index (χ0) is 18.9. The standard InChI is InChI=1S/C24H20N2O/c25-18-23(24(27)26-16-15-19-7-3-1-4-8-19)17-20-11-13-22(14-12-20)21-9-5-2-6-10-21/h1-14,17H,15-16H2,(H,26,27)/b23-17+. The molecule has 0 bridgehead atoms. The van der Waals surface area contributed by atoms with E-state index in [1.54, 1.807) is 6.08 Å². The van der Waals surface area contributed by atoms with Crippen molar-refractivity contribution in [2.75, 3.05) is 6.54 Å². The molecule has 0 aromatic heterocycles. The molecule has 1 N–H and O–H groups in total. The summed E-state index contributed by atoms with van der Waals surface area (Å²) in [5.41, 5.74) is 4.31. The lowest BCUT2D eigenvalue weighted by Crippen LogP contribution is -2.26. The van der Waals surface area contributed by atoms with Gasteiger partial charge in [0, 0.05) is 6.54 Å². The molecule has 0 atom stereocenters. The van der Waals surface area contributed by atoms with Crippen LogP contribution in [0.15, 0.2) is 90.5 Å². The first kappa shape index (κ1) is 18.2. The summed E-state index contributed by atoms with van der Waals surface area (Å²) in [5.74, 6) is -0.347. The summed E-state index contributed by atoms with van der Waals surface area (Å²) in [6, 6.07) is 29.8. The lowest BCUT2D eigenvalue weighted by Gasteiger charge is -2.05. The van der Waals surface area contributed by atoms with Gasteiger partial charge < -0.3 is 5.32 Å². The van der Waals surface area contributed by atoms with Crippen molar-refractivity contribution in [3.8, 4) is 17.2 Å². The maximum Gasteiger partial charge on any atom is 0.261 e. The first-order chi connectivity index (χ1) is 13.3. The van der Waals surface area contributed by atoms with E-state index in [0.29, 0.717) is 6.54 Å². The van der Waals surface area contributed by atoms with Crippen LogP contribution in [0, 0.1) is 11.3 Å². The van der Waals surface area contributed by atoms with Crippen molar-refractivity contribution in [1.82, 2.24) is 5.32 Å². The van der Waals surface area contributed by atoms with Crippen molar-refractivity contribution < 1.29 is 4.79 Å². The van der Waals surface area contributed by atoms with E-state index in [2.05, 4.69) is 5.32 Å². The third-order valence-corrected chi connectivity index (χ3v) is 4.24. The number of hydrogen-bond acceptors (Lipinski definition) is 2. The first-order valence-electron chi connectivity index (χ1n) is 8.85. The average Bonchev–Trinajstić information content (AvgIpc) is 2.74. The second-order valence-corrected chi connectivity index (χ2v) is 6.15. The minimum Gasteiger partial charge on any atom is -0.351 e. The van der Waals surface area contributed by atoms with Gasteiger partial charge in [0.25, 0.3) is 5.91 Å². The molecule has 0 aliphatic rings. The average molecular weight is 352 g/mol. The fraction of sp³-hybridized carbons (Fsp3) is 0.0833. The van der Waals surface area contributed by atoms with Crippen molar-refractivity contribution >= 4 is 12.0 Å². The van der Waals surface area contributed by atoms with Crippen LogP contribution >= 0.6 is 0 Å². The molecule has 0 aliphatic heterocycles. The van der Waals surface area contributed by atoms with Gasteiger partial charge in [-0.15, -0.1) is 0 Å². The Morgan fingerprint density at radius 3 is 2.07 bits per heavy atom. The van der Waals surface area contributed by atoms with E-state index in [4.69, 9.17) is 0 Å². The summed E-state index contributed by atoms with van der Waals surface area (Å²) < 4.78 is 0. The second-order valence-electron chi connectivity index (χ2n) is 6.15. The van der Waals surface area contributed by atoms with Crippen LogP contribution in [0.5, 0.6) is 0 Å². The zero-order valence-electron chi connectivity index (χ0n) is 14.9. The molecule has 3 nitrogen and oxygen atoms in total. The molecule has 0 heterocycles. The number of nitriles is 1. The molecular weight excluding hydrogens is 332 g/mol. The van der Waals surface area contributed by atoms with Gasteiger partial charge in [0.15, 0.2) is 0 Å². The lowest BCUT2D eigenvalue weighted by atomic mass is 10.0. The van der Waals surface area contributed by atoms with Gasteiger partial charge in [0.05, 0.1) is 0 Å². The smallest absolute Gasteiger partial charge is 0.261 e. The van der Waals surface area contributed by atoms with Crippen molar-refractivity contribution in [3.63, 3.8) is 0 Å². The molecule has 0 saturated heterocycles. The van der Waals surface area contributed by atoms with Gasteiger partial charge in [0.1, 0.15) is 11.6 Å². The van der Waals surface area contributed by atoms with Gasteiger partial charge in [-0.2, -0.15) is 5.26 Å². The molecule has 0 saturated carbocycles. The molecule has 0 fully saturated rings. The molecule has 1 amide bonds. The molecule has 3 aromatic rings. The highest BCUT2D eigenvalue weighted by molar-refractivity contribution is 6.01. The van der Waals surface area contributed by atoms with Crippen LogP contribution < -0.4 is 5.32 Å². The highest BCUT2D eigenvalue weighted by atomic mass is 16.1. The predicted octanol–water partition coefficient (Wildman–Crippen LogP) is 4.62. The van der Waals surface area contributed by atoms with E-state index >= 15 is 0 Å². The number of nitrogens with zero attached hydrogens (tertiary/aromatic N) is 1. The van der Waals surface area contributed by atoms with Gasteiger partial charge >= 0.3 is 0 Å². The summed E-state index contributed by atoms with van der Waals surface area (Å²) >= 11 is 0. The molecule has 3 heteroatoms. The van der Waals surface area contributed by atoms with E-state index in [9.17, 15) is 10.1 Å². The molecule has 0 spiro atoms.